The Balaban J connectivity index is 2.11. The monoisotopic (exact) mass is 255 g/mol. The highest BCUT2D eigenvalue weighted by Gasteiger charge is 2.08. The normalized spacial score (nSPS) is 10.5. The molecule has 0 unspecified atom stereocenters. The molecule has 4 nitrogen and oxygen atoms in total. The van der Waals surface area contributed by atoms with Crippen LogP contribution in [0.25, 0.3) is 0 Å². The third kappa shape index (κ3) is 3.63. The Bertz CT molecular complexity index is 484. The number of thioether (sulfide) groups is 1. The molecule has 0 aliphatic carbocycles. The third-order valence-electron chi connectivity index (χ3n) is 1.67. The van der Waals surface area contributed by atoms with Gasteiger partial charge in [0, 0.05) is 24.7 Å². The Morgan fingerprint density at radius 3 is 2.59 bits per heavy atom. The number of pyridine rings is 1. The fraction of sp³-hybridized carbons (Fsp3) is 0.100. The lowest BCUT2D eigenvalue weighted by Crippen LogP contribution is -1.92. The van der Waals surface area contributed by atoms with Crippen molar-refractivity contribution in [2.75, 3.05) is 0 Å². The van der Waals surface area contributed by atoms with E-state index >= 15 is 0 Å². The van der Waals surface area contributed by atoms with Crippen LogP contribution in [0.2, 0.25) is 0 Å². The number of rotatable bonds is 4. The van der Waals surface area contributed by atoms with Crippen molar-refractivity contribution < 1.29 is 13.5 Å². The van der Waals surface area contributed by atoms with Crippen molar-refractivity contribution in [1.82, 2.24) is 15.0 Å². The predicted molar refractivity (Wildman–Crippen MR) is 58.2 cm³/mol. The summed E-state index contributed by atoms with van der Waals surface area (Å²) in [7, 11) is 0. The van der Waals surface area contributed by atoms with E-state index in [9.17, 15) is 8.78 Å². The summed E-state index contributed by atoms with van der Waals surface area (Å²) in [5.41, 5.74) is 0. The molecule has 2 heterocycles. The van der Waals surface area contributed by atoms with Crippen LogP contribution in [0.3, 0.4) is 0 Å². The van der Waals surface area contributed by atoms with E-state index in [0.29, 0.717) is 17.5 Å². The fourth-order valence-corrected chi connectivity index (χ4v) is 1.54. The van der Waals surface area contributed by atoms with Crippen molar-refractivity contribution in [1.29, 1.82) is 0 Å². The van der Waals surface area contributed by atoms with E-state index in [4.69, 9.17) is 4.74 Å². The van der Waals surface area contributed by atoms with E-state index < -0.39 is 5.76 Å². The summed E-state index contributed by atoms with van der Waals surface area (Å²) in [4.78, 5) is 11.5. The minimum absolute atomic E-state index is 0.159. The molecule has 0 spiro atoms. The first kappa shape index (κ1) is 11.7. The average Bonchev–Trinajstić information content (AvgIpc) is 2.30. The topological polar surface area (TPSA) is 47.9 Å². The van der Waals surface area contributed by atoms with Crippen LogP contribution in [0, 0.1) is 0 Å². The summed E-state index contributed by atoms with van der Waals surface area (Å²) in [5.74, 6) is -2.14. The van der Waals surface area contributed by atoms with Gasteiger partial charge in [0.2, 0.25) is 0 Å². The van der Waals surface area contributed by atoms with Crippen LogP contribution in [0.15, 0.2) is 41.8 Å². The molecule has 0 bridgehead atoms. The molecule has 0 atom stereocenters. The lowest BCUT2D eigenvalue weighted by molar-refractivity contribution is 0.252. The molecule has 0 fully saturated rings. The molecule has 2 rings (SSSR count). The van der Waals surface area contributed by atoms with Gasteiger partial charge >= 0.3 is 6.01 Å². The van der Waals surface area contributed by atoms with E-state index in [-0.39, 0.29) is 11.0 Å². The van der Waals surface area contributed by atoms with Crippen LogP contribution in [-0.2, 0) is 0 Å². The zero-order valence-corrected chi connectivity index (χ0v) is 9.27. The van der Waals surface area contributed by atoms with E-state index in [1.165, 1.54) is 24.7 Å². The number of halogens is 2. The summed E-state index contributed by atoms with van der Waals surface area (Å²) in [5, 5.41) is 0.188. The van der Waals surface area contributed by atoms with Gasteiger partial charge in [-0.3, -0.25) is 0 Å². The van der Waals surface area contributed by atoms with Gasteiger partial charge in [0.05, 0.1) is 0 Å². The molecule has 88 valence electrons. The van der Waals surface area contributed by atoms with E-state index in [1.807, 2.05) is 0 Å². The Hall–Kier alpha value is -1.76. The van der Waals surface area contributed by atoms with Gasteiger partial charge in [-0.2, -0.15) is 8.78 Å². The largest absolute Gasteiger partial charge is 0.424 e. The zero-order chi connectivity index (χ0) is 12.1. The maximum Gasteiger partial charge on any atom is 0.321 e. The van der Waals surface area contributed by atoms with Crippen molar-refractivity contribution in [3.63, 3.8) is 0 Å². The minimum Gasteiger partial charge on any atom is -0.424 e. The van der Waals surface area contributed by atoms with Gasteiger partial charge in [0.25, 0.3) is 5.76 Å². The maximum atomic E-state index is 12.1. The van der Waals surface area contributed by atoms with E-state index in [2.05, 4.69) is 15.0 Å². The molecular weight excluding hydrogens is 248 g/mol. The van der Waals surface area contributed by atoms with Crippen LogP contribution in [0.1, 0.15) is 0 Å². The first-order valence-corrected chi connectivity index (χ1v) is 5.48. The third-order valence-corrected chi connectivity index (χ3v) is 2.31. The highest BCUT2D eigenvalue weighted by Crippen LogP contribution is 2.27. The van der Waals surface area contributed by atoms with Crippen molar-refractivity contribution in [2.24, 2.45) is 0 Å². The molecule has 17 heavy (non-hydrogen) atoms. The highest BCUT2D eigenvalue weighted by atomic mass is 32.2. The molecule has 2 aromatic heterocycles. The van der Waals surface area contributed by atoms with Gasteiger partial charge in [-0.1, -0.05) is 0 Å². The molecule has 0 N–H and O–H groups in total. The minimum atomic E-state index is -2.51. The number of nitrogens with zero attached hydrogens (tertiary/aromatic N) is 3. The molecule has 2 aromatic rings. The predicted octanol–water partition coefficient (Wildman–Crippen LogP) is 2.98. The van der Waals surface area contributed by atoms with E-state index in [1.54, 1.807) is 12.1 Å². The van der Waals surface area contributed by atoms with Gasteiger partial charge in [-0.05, 0) is 23.9 Å². The number of aromatic nitrogens is 3. The molecule has 0 saturated carbocycles. The standard InChI is InChI=1S/C10H7F2N3OS/c11-9(12)17-8-6-7(2-5-13-8)16-10-14-3-1-4-15-10/h1-6,9H. The van der Waals surface area contributed by atoms with Crippen LogP contribution in [-0.4, -0.2) is 20.7 Å². The van der Waals surface area contributed by atoms with Gasteiger partial charge in [-0.25, -0.2) is 15.0 Å². The van der Waals surface area contributed by atoms with E-state index in [0.717, 1.165) is 0 Å². The molecule has 0 aliphatic heterocycles. The Labute approximate surface area is 100 Å². The summed E-state index contributed by atoms with van der Waals surface area (Å²) < 4.78 is 29.6. The molecule has 7 heteroatoms. The van der Waals surface area contributed by atoms with Crippen molar-refractivity contribution in [3.8, 4) is 11.8 Å². The van der Waals surface area contributed by atoms with Crippen LogP contribution in [0.5, 0.6) is 11.8 Å². The summed E-state index contributed by atoms with van der Waals surface area (Å²) in [6.45, 7) is 0. The van der Waals surface area contributed by atoms with Crippen molar-refractivity contribution in [3.05, 3.63) is 36.8 Å². The molecule has 0 aliphatic rings. The molecular formula is C10H7F2N3OS. The number of alkyl halides is 2. The zero-order valence-electron chi connectivity index (χ0n) is 8.46. The average molecular weight is 255 g/mol. The first-order valence-electron chi connectivity index (χ1n) is 4.60. The number of hydrogen-bond acceptors (Lipinski definition) is 5. The molecule has 0 radical (unpaired) electrons. The van der Waals surface area contributed by atoms with Gasteiger partial charge in [0.15, 0.2) is 0 Å². The SMILES string of the molecule is FC(F)Sc1cc(Oc2ncccn2)ccn1. The maximum absolute atomic E-state index is 12.1. The summed E-state index contributed by atoms with van der Waals surface area (Å²) in [6.07, 6.45) is 4.44. The van der Waals surface area contributed by atoms with Crippen molar-refractivity contribution in [2.45, 2.75) is 10.8 Å². The quantitative estimate of drug-likeness (QED) is 0.786. The number of ether oxygens (including phenoxy) is 1. The van der Waals surface area contributed by atoms with Crippen molar-refractivity contribution >= 4 is 11.8 Å². The number of hydrogen-bond donors (Lipinski definition) is 0. The molecule has 0 saturated heterocycles. The summed E-state index contributed by atoms with van der Waals surface area (Å²) in [6, 6.07) is 4.77. The van der Waals surface area contributed by atoms with Crippen LogP contribution in [0.4, 0.5) is 8.78 Å². The van der Waals surface area contributed by atoms with Gasteiger partial charge in [0.1, 0.15) is 10.8 Å². The van der Waals surface area contributed by atoms with Crippen LogP contribution < -0.4 is 4.74 Å². The smallest absolute Gasteiger partial charge is 0.321 e. The second-order valence-electron chi connectivity index (χ2n) is 2.84. The Morgan fingerprint density at radius 1 is 1.12 bits per heavy atom. The van der Waals surface area contributed by atoms with Gasteiger partial charge in [-0.15, -0.1) is 0 Å². The molecule has 0 amide bonds. The summed E-state index contributed by atoms with van der Waals surface area (Å²) >= 11 is 0.358. The van der Waals surface area contributed by atoms with Gasteiger partial charge < -0.3 is 4.74 Å². The second kappa shape index (κ2) is 5.53. The fourth-order valence-electron chi connectivity index (χ4n) is 1.05. The lowest BCUT2D eigenvalue weighted by Gasteiger charge is -2.04. The Morgan fingerprint density at radius 2 is 1.88 bits per heavy atom. The van der Waals surface area contributed by atoms with Crippen LogP contribution >= 0.6 is 11.8 Å². The lowest BCUT2D eigenvalue weighted by atomic mass is 10.4. The second-order valence-corrected chi connectivity index (χ2v) is 3.85. The Kier molecular flexibility index (Phi) is 3.81. The molecule has 0 aromatic carbocycles. The highest BCUT2D eigenvalue weighted by molar-refractivity contribution is 7.99. The first-order chi connectivity index (χ1) is 8.24.